The Morgan fingerprint density at radius 1 is 0.636 bits per heavy atom. The third-order valence-electron chi connectivity index (χ3n) is 4.15. The van der Waals surface area contributed by atoms with Gasteiger partial charge in [-0.15, -0.1) is 0 Å². The average Bonchev–Trinajstić information content (AvgIpc) is 2.51. The van der Waals surface area contributed by atoms with Crippen LogP contribution in [0.2, 0.25) is 0 Å². The van der Waals surface area contributed by atoms with Crippen LogP contribution in [0.25, 0.3) is 0 Å². The summed E-state index contributed by atoms with van der Waals surface area (Å²) in [6.07, 6.45) is 14.6. The van der Waals surface area contributed by atoms with E-state index in [0.29, 0.717) is 0 Å². The van der Waals surface area contributed by atoms with Crippen molar-refractivity contribution in [1.82, 2.24) is 4.90 Å². The zero-order chi connectivity index (χ0) is 16.6. The number of ketones is 1. The van der Waals surface area contributed by atoms with Crippen LogP contribution in [0.1, 0.15) is 97.8 Å². The Morgan fingerprint density at radius 3 is 1.36 bits per heavy atom. The summed E-state index contributed by atoms with van der Waals surface area (Å²) in [4.78, 5) is 25.1. The molecule has 0 rings (SSSR count). The SMILES string of the molecule is CCCCCCCCN(CCCCCCCC)C(=O)C(C)=O. The minimum Gasteiger partial charge on any atom is -0.336 e. The molecule has 130 valence electrons. The number of hydrogen-bond acceptors (Lipinski definition) is 2. The number of amides is 1. The molecule has 22 heavy (non-hydrogen) atoms. The van der Waals surface area contributed by atoms with Gasteiger partial charge in [0, 0.05) is 20.0 Å². The van der Waals surface area contributed by atoms with Crippen molar-refractivity contribution in [3.63, 3.8) is 0 Å². The van der Waals surface area contributed by atoms with Gasteiger partial charge in [0.15, 0.2) is 0 Å². The van der Waals surface area contributed by atoms with Gasteiger partial charge in [0.25, 0.3) is 5.91 Å². The fourth-order valence-corrected chi connectivity index (χ4v) is 2.70. The van der Waals surface area contributed by atoms with Crippen molar-refractivity contribution in [3.8, 4) is 0 Å². The van der Waals surface area contributed by atoms with E-state index < -0.39 is 0 Å². The molecule has 0 aromatic rings. The molecule has 0 saturated heterocycles. The van der Waals surface area contributed by atoms with Crippen molar-refractivity contribution in [3.05, 3.63) is 0 Å². The predicted octanol–water partition coefficient (Wildman–Crippen LogP) is 5.13. The van der Waals surface area contributed by atoms with Gasteiger partial charge in [-0.3, -0.25) is 9.59 Å². The van der Waals surface area contributed by atoms with Gasteiger partial charge in [-0.1, -0.05) is 78.1 Å². The molecule has 3 heteroatoms. The predicted molar refractivity (Wildman–Crippen MR) is 94.0 cm³/mol. The van der Waals surface area contributed by atoms with Crippen molar-refractivity contribution >= 4 is 11.7 Å². The zero-order valence-corrected chi connectivity index (χ0v) is 15.2. The molecule has 0 atom stereocenters. The molecule has 0 aliphatic rings. The molecule has 0 aromatic carbocycles. The van der Waals surface area contributed by atoms with E-state index in [0.717, 1.165) is 38.8 Å². The lowest BCUT2D eigenvalue weighted by atomic mass is 10.1. The number of hydrogen-bond donors (Lipinski definition) is 0. The summed E-state index contributed by atoms with van der Waals surface area (Å²) in [6.45, 7) is 7.32. The summed E-state index contributed by atoms with van der Waals surface area (Å²) >= 11 is 0. The van der Waals surface area contributed by atoms with Crippen LogP contribution in [0.15, 0.2) is 0 Å². The highest BCUT2D eigenvalue weighted by Gasteiger charge is 2.16. The highest BCUT2D eigenvalue weighted by Crippen LogP contribution is 2.09. The molecule has 0 unspecified atom stereocenters. The van der Waals surface area contributed by atoms with Crippen LogP contribution in [0.3, 0.4) is 0 Å². The van der Waals surface area contributed by atoms with E-state index in [1.165, 1.54) is 58.3 Å². The van der Waals surface area contributed by atoms with Gasteiger partial charge in [0.05, 0.1) is 0 Å². The Hall–Kier alpha value is -0.860. The third-order valence-corrected chi connectivity index (χ3v) is 4.15. The second kappa shape index (κ2) is 15.1. The molecule has 3 nitrogen and oxygen atoms in total. The van der Waals surface area contributed by atoms with E-state index in [-0.39, 0.29) is 11.7 Å². The van der Waals surface area contributed by atoms with Crippen LogP contribution < -0.4 is 0 Å². The van der Waals surface area contributed by atoms with E-state index in [1.54, 1.807) is 4.90 Å². The summed E-state index contributed by atoms with van der Waals surface area (Å²) in [7, 11) is 0. The van der Waals surface area contributed by atoms with Crippen molar-refractivity contribution in [1.29, 1.82) is 0 Å². The minimum absolute atomic E-state index is 0.290. The van der Waals surface area contributed by atoms with Gasteiger partial charge < -0.3 is 4.90 Å². The molecule has 0 N–H and O–H groups in total. The van der Waals surface area contributed by atoms with Crippen molar-refractivity contribution < 1.29 is 9.59 Å². The normalized spacial score (nSPS) is 10.7. The number of carbonyl (C=O) groups excluding carboxylic acids is 2. The van der Waals surface area contributed by atoms with Crippen LogP contribution in [0.5, 0.6) is 0 Å². The van der Waals surface area contributed by atoms with Crippen molar-refractivity contribution in [2.45, 2.75) is 97.8 Å². The molecule has 0 fully saturated rings. The van der Waals surface area contributed by atoms with Crippen LogP contribution >= 0.6 is 0 Å². The van der Waals surface area contributed by atoms with Gasteiger partial charge in [-0.25, -0.2) is 0 Å². The monoisotopic (exact) mass is 311 g/mol. The van der Waals surface area contributed by atoms with Gasteiger partial charge in [-0.2, -0.15) is 0 Å². The number of unbranched alkanes of at least 4 members (excludes halogenated alkanes) is 10. The van der Waals surface area contributed by atoms with E-state index >= 15 is 0 Å². The molecular formula is C19H37NO2. The summed E-state index contributed by atoms with van der Waals surface area (Å²) in [5.41, 5.74) is 0. The second-order valence-electron chi connectivity index (χ2n) is 6.38. The Balaban J connectivity index is 3.90. The number of carbonyl (C=O) groups is 2. The van der Waals surface area contributed by atoms with Crippen molar-refractivity contribution in [2.75, 3.05) is 13.1 Å². The fraction of sp³-hybridized carbons (Fsp3) is 0.895. The summed E-state index contributed by atoms with van der Waals surface area (Å²) in [6, 6.07) is 0. The van der Waals surface area contributed by atoms with E-state index in [9.17, 15) is 9.59 Å². The lowest BCUT2D eigenvalue weighted by molar-refractivity contribution is -0.143. The molecule has 0 bridgehead atoms. The number of nitrogens with zero attached hydrogens (tertiary/aromatic N) is 1. The van der Waals surface area contributed by atoms with Gasteiger partial charge >= 0.3 is 0 Å². The molecule has 0 radical (unpaired) electrons. The van der Waals surface area contributed by atoms with E-state index in [1.807, 2.05) is 0 Å². The topological polar surface area (TPSA) is 37.4 Å². The van der Waals surface area contributed by atoms with Crippen LogP contribution in [-0.4, -0.2) is 29.7 Å². The first-order valence-corrected chi connectivity index (χ1v) is 9.43. The highest BCUT2D eigenvalue weighted by molar-refractivity contribution is 6.35. The quantitative estimate of drug-likeness (QED) is 0.311. The zero-order valence-electron chi connectivity index (χ0n) is 15.2. The number of Topliss-reactive ketones (excluding diaryl/α,β-unsaturated/α-hetero) is 1. The molecule has 0 saturated carbocycles. The first-order chi connectivity index (χ1) is 10.6. The first-order valence-electron chi connectivity index (χ1n) is 9.43. The lowest BCUT2D eigenvalue weighted by Crippen LogP contribution is -2.37. The third kappa shape index (κ3) is 11.8. The van der Waals surface area contributed by atoms with Gasteiger partial charge in [0.1, 0.15) is 0 Å². The Kier molecular flexibility index (Phi) is 14.5. The minimum atomic E-state index is -0.322. The van der Waals surface area contributed by atoms with Crippen LogP contribution in [-0.2, 0) is 9.59 Å². The maximum atomic E-state index is 12.0. The molecule has 0 aliphatic carbocycles. The Bertz CT molecular complexity index is 273. The molecule has 0 heterocycles. The Morgan fingerprint density at radius 2 is 1.00 bits per heavy atom. The smallest absolute Gasteiger partial charge is 0.289 e. The van der Waals surface area contributed by atoms with E-state index in [2.05, 4.69) is 13.8 Å². The van der Waals surface area contributed by atoms with Crippen LogP contribution in [0, 0.1) is 0 Å². The number of rotatable bonds is 15. The first kappa shape index (κ1) is 21.1. The lowest BCUT2D eigenvalue weighted by Gasteiger charge is -2.21. The summed E-state index contributed by atoms with van der Waals surface area (Å²) in [5, 5.41) is 0. The summed E-state index contributed by atoms with van der Waals surface area (Å²) < 4.78 is 0. The molecule has 0 spiro atoms. The molecule has 1 amide bonds. The summed E-state index contributed by atoms with van der Waals surface area (Å²) in [5.74, 6) is -0.612. The average molecular weight is 312 g/mol. The maximum absolute atomic E-state index is 12.0. The largest absolute Gasteiger partial charge is 0.336 e. The Labute approximate surface area is 137 Å². The molecule has 0 aliphatic heterocycles. The maximum Gasteiger partial charge on any atom is 0.289 e. The van der Waals surface area contributed by atoms with Gasteiger partial charge in [-0.05, 0) is 12.8 Å². The fourth-order valence-electron chi connectivity index (χ4n) is 2.70. The second-order valence-corrected chi connectivity index (χ2v) is 6.38. The van der Waals surface area contributed by atoms with Gasteiger partial charge in [0.2, 0.25) is 5.78 Å². The standard InChI is InChI=1S/C19H37NO2/c1-4-6-8-10-12-14-16-20(19(22)18(3)21)17-15-13-11-9-7-5-2/h4-17H2,1-3H3. The molecular weight excluding hydrogens is 274 g/mol. The van der Waals surface area contributed by atoms with Crippen molar-refractivity contribution in [2.24, 2.45) is 0 Å². The molecule has 0 aromatic heterocycles. The van der Waals surface area contributed by atoms with Crippen LogP contribution in [0.4, 0.5) is 0 Å². The van der Waals surface area contributed by atoms with E-state index in [4.69, 9.17) is 0 Å². The highest BCUT2D eigenvalue weighted by atomic mass is 16.2.